The molecule has 1 aromatic heterocycles. The summed E-state index contributed by atoms with van der Waals surface area (Å²) in [4.78, 5) is 4.06. The number of aromatic nitrogens is 1. The minimum atomic E-state index is -0.602. The van der Waals surface area contributed by atoms with Gasteiger partial charge in [0.05, 0.1) is 10.6 Å². The zero-order valence-corrected chi connectivity index (χ0v) is 12.2. The lowest BCUT2D eigenvalue weighted by Gasteiger charge is -2.14. The van der Waals surface area contributed by atoms with Gasteiger partial charge in [-0.2, -0.15) is 0 Å². The van der Waals surface area contributed by atoms with E-state index in [-0.39, 0.29) is 5.82 Å². The van der Waals surface area contributed by atoms with Crippen molar-refractivity contribution in [2.45, 2.75) is 25.9 Å². The monoisotopic (exact) mass is 323 g/mol. The van der Waals surface area contributed by atoms with E-state index in [1.54, 1.807) is 24.5 Å². The average molecular weight is 324 g/mol. The van der Waals surface area contributed by atoms with Gasteiger partial charge >= 0.3 is 0 Å². The molecule has 0 amide bonds. The normalized spacial score (nSPS) is 12.4. The van der Waals surface area contributed by atoms with Crippen LogP contribution < -0.4 is 0 Å². The summed E-state index contributed by atoms with van der Waals surface area (Å²) in [7, 11) is 0. The maximum atomic E-state index is 13.2. The molecule has 19 heavy (non-hydrogen) atoms. The van der Waals surface area contributed by atoms with E-state index in [0.29, 0.717) is 10.9 Å². The summed E-state index contributed by atoms with van der Waals surface area (Å²) in [6, 6.07) is 6.63. The fourth-order valence-corrected chi connectivity index (χ4v) is 2.48. The third kappa shape index (κ3) is 3.39. The summed E-state index contributed by atoms with van der Waals surface area (Å²) < 4.78 is 13.6. The van der Waals surface area contributed by atoms with Gasteiger partial charge in [0.15, 0.2) is 0 Å². The molecule has 0 radical (unpaired) electrons. The number of nitrogens with zero attached hydrogens (tertiary/aromatic N) is 1. The van der Waals surface area contributed by atoms with Gasteiger partial charge in [-0.25, -0.2) is 4.39 Å². The van der Waals surface area contributed by atoms with Crippen molar-refractivity contribution in [1.82, 2.24) is 4.98 Å². The molecule has 1 heterocycles. The van der Waals surface area contributed by atoms with Crippen LogP contribution in [0.3, 0.4) is 0 Å². The predicted octanol–water partition coefficient (Wildman–Crippen LogP) is 3.82. The van der Waals surface area contributed by atoms with Crippen LogP contribution in [0.1, 0.15) is 29.7 Å². The Hall–Kier alpha value is -1.26. The molecule has 4 heteroatoms. The fraction of sp³-hybridized carbons (Fsp3) is 0.267. The summed E-state index contributed by atoms with van der Waals surface area (Å²) in [5.74, 6) is -0.295. The number of rotatable bonds is 4. The second-order valence-corrected chi connectivity index (χ2v) is 5.25. The molecule has 2 rings (SSSR count). The lowest BCUT2D eigenvalue weighted by Crippen LogP contribution is -2.05. The maximum absolute atomic E-state index is 13.2. The van der Waals surface area contributed by atoms with Gasteiger partial charge in [-0.3, -0.25) is 4.98 Å². The van der Waals surface area contributed by atoms with Crippen LogP contribution in [0.2, 0.25) is 0 Å². The molecular formula is C15H15BrFNO. The Bertz CT molecular complexity index is 574. The number of aryl methyl sites for hydroxylation is 1. The SMILES string of the molecule is CCc1cnccc1C(O)Cc1ccc(F)c(Br)c1. The molecule has 100 valence electrons. The van der Waals surface area contributed by atoms with Crippen molar-refractivity contribution in [1.29, 1.82) is 0 Å². The zero-order chi connectivity index (χ0) is 13.8. The van der Waals surface area contributed by atoms with Crippen LogP contribution in [0.15, 0.2) is 41.1 Å². The van der Waals surface area contributed by atoms with Crippen molar-refractivity contribution >= 4 is 15.9 Å². The third-order valence-electron chi connectivity index (χ3n) is 3.09. The lowest BCUT2D eigenvalue weighted by atomic mass is 9.97. The molecule has 1 unspecified atom stereocenters. The Morgan fingerprint density at radius 2 is 2.16 bits per heavy atom. The summed E-state index contributed by atoms with van der Waals surface area (Å²) in [5, 5.41) is 10.3. The first kappa shape index (κ1) is 14.2. The largest absolute Gasteiger partial charge is 0.388 e. The molecule has 1 atom stereocenters. The molecule has 0 aliphatic rings. The number of hydrogen-bond acceptors (Lipinski definition) is 2. The average Bonchev–Trinajstić information content (AvgIpc) is 2.43. The van der Waals surface area contributed by atoms with E-state index in [1.165, 1.54) is 6.07 Å². The van der Waals surface area contributed by atoms with Crippen LogP contribution in [0.5, 0.6) is 0 Å². The highest BCUT2D eigenvalue weighted by atomic mass is 79.9. The number of benzene rings is 1. The maximum Gasteiger partial charge on any atom is 0.137 e. The van der Waals surface area contributed by atoms with Crippen LogP contribution in [-0.2, 0) is 12.8 Å². The second-order valence-electron chi connectivity index (χ2n) is 4.40. The highest BCUT2D eigenvalue weighted by molar-refractivity contribution is 9.10. The number of pyridine rings is 1. The van der Waals surface area contributed by atoms with Crippen molar-refractivity contribution in [3.63, 3.8) is 0 Å². The van der Waals surface area contributed by atoms with Crippen LogP contribution in [0.4, 0.5) is 4.39 Å². The van der Waals surface area contributed by atoms with E-state index >= 15 is 0 Å². The predicted molar refractivity (Wildman–Crippen MR) is 76.4 cm³/mol. The number of hydrogen-bond donors (Lipinski definition) is 1. The van der Waals surface area contributed by atoms with Crippen molar-refractivity contribution in [2.75, 3.05) is 0 Å². The topological polar surface area (TPSA) is 33.1 Å². The van der Waals surface area contributed by atoms with Gasteiger partial charge in [-0.05, 0) is 57.2 Å². The molecule has 0 spiro atoms. The third-order valence-corrected chi connectivity index (χ3v) is 3.70. The highest BCUT2D eigenvalue weighted by Crippen LogP contribution is 2.24. The molecule has 1 aromatic carbocycles. The van der Waals surface area contributed by atoms with E-state index < -0.39 is 6.10 Å². The van der Waals surface area contributed by atoms with Gasteiger partial charge in [0.2, 0.25) is 0 Å². The minimum absolute atomic E-state index is 0.295. The number of halogens is 2. The smallest absolute Gasteiger partial charge is 0.137 e. The Kier molecular flexibility index (Phi) is 4.66. The second kappa shape index (κ2) is 6.26. The van der Waals surface area contributed by atoms with Gasteiger partial charge in [-0.15, -0.1) is 0 Å². The zero-order valence-electron chi connectivity index (χ0n) is 10.6. The van der Waals surface area contributed by atoms with Crippen LogP contribution in [0, 0.1) is 5.82 Å². The molecule has 0 saturated carbocycles. The first-order valence-corrected chi connectivity index (χ1v) is 6.96. The summed E-state index contributed by atoms with van der Waals surface area (Å²) >= 11 is 3.15. The van der Waals surface area contributed by atoms with Gasteiger partial charge < -0.3 is 5.11 Å². The number of aliphatic hydroxyl groups excluding tert-OH is 1. The van der Waals surface area contributed by atoms with Gasteiger partial charge in [0.25, 0.3) is 0 Å². The standard InChI is InChI=1S/C15H15BrFNO/c1-2-11-9-18-6-5-12(11)15(19)8-10-3-4-14(17)13(16)7-10/h3-7,9,15,19H,2,8H2,1H3. The van der Waals surface area contributed by atoms with Crippen LogP contribution in [0.25, 0.3) is 0 Å². The Morgan fingerprint density at radius 1 is 1.37 bits per heavy atom. The summed E-state index contributed by atoms with van der Waals surface area (Å²) in [6.07, 6.45) is 4.14. The van der Waals surface area contributed by atoms with E-state index in [2.05, 4.69) is 20.9 Å². The summed E-state index contributed by atoms with van der Waals surface area (Å²) in [6.45, 7) is 2.03. The lowest BCUT2D eigenvalue weighted by molar-refractivity contribution is 0.177. The molecule has 2 aromatic rings. The van der Waals surface area contributed by atoms with Crippen molar-refractivity contribution < 1.29 is 9.50 Å². The number of aliphatic hydroxyl groups is 1. The molecule has 0 bridgehead atoms. The van der Waals surface area contributed by atoms with Crippen molar-refractivity contribution in [3.8, 4) is 0 Å². The van der Waals surface area contributed by atoms with Gasteiger partial charge in [-0.1, -0.05) is 13.0 Å². The quantitative estimate of drug-likeness (QED) is 0.927. The Morgan fingerprint density at radius 3 is 2.84 bits per heavy atom. The van der Waals surface area contributed by atoms with Gasteiger partial charge in [0, 0.05) is 18.8 Å². The molecule has 1 N–H and O–H groups in total. The van der Waals surface area contributed by atoms with Gasteiger partial charge in [0.1, 0.15) is 5.82 Å². The molecule has 2 nitrogen and oxygen atoms in total. The van der Waals surface area contributed by atoms with Crippen molar-refractivity contribution in [3.05, 3.63) is 63.6 Å². The first-order valence-electron chi connectivity index (χ1n) is 6.16. The van der Waals surface area contributed by atoms with Crippen molar-refractivity contribution in [2.24, 2.45) is 0 Å². The molecular weight excluding hydrogens is 309 g/mol. The van der Waals surface area contributed by atoms with E-state index in [4.69, 9.17) is 0 Å². The highest BCUT2D eigenvalue weighted by Gasteiger charge is 2.13. The van der Waals surface area contributed by atoms with E-state index in [1.807, 2.05) is 13.0 Å². The molecule has 0 aliphatic heterocycles. The molecule has 0 saturated heterocycles. The molecule has 0 fully saturated rings. The molecule has 0 aliphatic carbocycles. The van der Waals surface area contributed by atoms with E-state index in [9.17, 15) is 9.50 Å². The summed E-state index contributed by atoms with van der Waals surface area (Å²) in [5.41, 5.74) is 2.81. The Labute approximate surface area is 120 Å². The first-order chi connectivity index (χ1) is 9.11. The van der Waals surface area contributed by atoms with Crippen LogP contribution in [-0.4, -0.2) is 10.1 Å². The van der Waals surface area contributed by atoms with Crippen LogP contribution >= 0.6 is 15.9 Å². The fourth-order valence-electron chi connectivity index (χ4n) is 2.06. The van der Waals surface area contributed by atoms with E-state index in [0.717, 1.165) is 23.1 Å². The Balaban J connectivity index is 2.20. The minimum Gasteiger partial charge on any atom is -0.388 e.